The van der Waals surface area contributed by atoms with Crippen LogP contribution in [0.2, 0.25) is 0 Å². The lowest BCUT2D eigenvalue weighted by molar-refractivity contribution is -0.124. The van der Waals surface area contributed by atoms with Crippen LogP contribution in [0, 0.1) is 17.3 Å². The average Bonchev–Trinajstić information content (AvgIpc) is 2.48. The Morgan fingerprint density at radius 3 is 1.85 bits per heavy atom. The van der Waals surface area contributed by atoms with E-state index in [0.717, 1.165) is 26.1 Å². The van der Waals surface area contributed by atoms with Crippen LogP contribution < -0.4 is 10.6 Å². The topological polar surface area (TPSA) is 67.4 Å². The monoisotopic (exact) mass is 386 g/mol. The summed E-state index contributed by atoms with van der Waals surface area (Å²) in [6.45, 7) is 23.8. The SMILES string of the molecule is CC(C)(C)CNCCCOC(C)(C)C.CC(C)C(=O)CCNC(=O)C(C)C. The van der Waals surface area contributed by atoms with Gasteiger partial charge < -0.3 is 15.4 Å². The predicted molar refractivity (Wildman–Crippen MR) is 115 cm³/mol. The van der Waals surface area contributed by atoms with E-state index in [1.54, 1.807) is 0 Å². The first-order valence-electron chi connectivity index (χ1n) is 10.3. The summed E-state index contributed by atoms with van der Waals surface area (Å²) in [4.78, 5) is 22.2. The molecule has 5 heteroatoms. The van der Waals surface area contributed by atoms with Gasteiger partial charge in [0, 0.05) is 31.4 Å². The van der Waals surface area contributed by atoms with Crippen LogP contribution in [0.1, 0.15) is 82.1 Å². The fourth-order valence-electron chi connectivity index (χ4n) is 1.84. The molecule has 0 aromatic rings. The molecule has 0 spiro atoms. The molecular formula is C22H46N2O3. The number of carbonyl (C=O) groups is 2. The van der Waals surface area contributed by atoms with Crippen molar-refractivity contribution in [1.82, 2.24) is 10.6 Å². The van der Waals surface area contributed by atoms with Crippen LogP contribution in [0.25, 0.3) is 0 Å². The third kappa shape index (κ3) is 23.0. The summed E-state index contributed by atoms with van der Waals surface area (Å²) < 4.78 is 5.62. The number of nitrogens with one attached hydrogen (secondary N) is 2. The van der Waals surface area contributed by atoms with Crippen LogP contribution in [0.15, 0.2) is 0 Å². The van der Waals surface area contributed by atoms with Crippen molar-refractivity contribution in [3.05, 3.63) is 0 Å². The Morgan fingerprint density at radius 2 is 1.44 bits per heavy atom. The van der Waals surface area contributed by atoms with E-state index in [4.69, 9.17) is 4.74 Å². The van der Waals surface area contributed by atoms with E-state index in [1.165, 1.54) is 0 Å². The maximum Gasteiger partial charge on any atom is 0.222 e. The highest BCUT2D eigenvalue weighted by Crippen LogP contribution is 2.10. The second-order valence-corrected chi connectivity index (χ2v) is 9.87. The smallest absolute Gasteiger partial charge is 0.222 e. The minimum absolute atomic E-state index is 0.00400. The van der Waals surface area contributed by atoms with Crippen LogP contribution in [-0.4, -0.2) is 43.5 Å². The lowest BCUT2D eigenvalue weighted by atomic mass is 9.97. The molecular weight excluding hydrogens is 340 g/mol. The number of ether oxygens (including phenoxy) is 1. The zero-order valence-electron chi connectivity index (χ0n) is 19.6. The fraction of sp³-hybridized carbons (Fsp3) is 0.909. The van der Waals surface area contributed by atoms with Crippen molar-refractivity contribution in [3.63, 3.8) is 0 Å². The van der Waals surface area contributed by atoms with E-state index < -0.39 is 0 Å². The van der Waals surface area contributed by atoms with Gasteiger partial charge in [-0.25, -0.2) is 0 Å². The Morgan fingerprint density at radius 1 is 0.889 bits per heavy atom. The van der Waals surface area contributed by atoms with Crippen LogP contribution in [0.4, 0.5) is 0 Å². The molecule has 0 aliphatic rings. The van der Waals surface area contributed by atoms with Crippen LogP contribution in [0.5, 0.6) is 0 Å². The number of hydrogen-bond acceptors (Lipinski definition) is 4. The normalized spacial score (nSPS) is 12.0. The third-order valence-corrected chi connectivity index (χ3v) is 3.53. The molecule has 0 aromatic carbocycles. The summed E-state index contributed by atoms with van der Waals surface area (Å²) in [6, 6.07) is 0. The van der Waals surface area contributed by atoms with Gasteiger partial charge in [-0.05, 0) is 45.7 Å². The van der Waals surface area contributed by atoms with Gasteiger partial charge in [0.15, 0.2) is 0 Å². The number of Topliss-reactive ketones (excluding diaryl/α,β-unsaturated/α-hetero) is 1. The Hall–Kier alpha value is -0.940. The highest BCUT2D eigenvalue weighted by Gasteiger charge is 2.11. The highest BCUT2D eigenvalue weighted by atomic mass is 16.5. The number of carbonyl (C=O) groups excluding carboxylic acids is 2. The van der Waals surface area contributed by atoms with Crippen molar-refractivity contribution in [3.8, 4) is 0 Å². The van der Waals surface area contributed by atoms with Crippen molar-refractivity contribution < 1.29 is 14.3 Å². The number of rotatable bonds is 10. The first kappa shape index (κ1) is 28.3. The van der Waals surface area contributed by atoms with Gasteiger partial charge in [-0.1, -0.05) is 48.5 Å². The second kappa shape index (κ2) is 14.1. The summed E-state index contributed by atoms with van der Waals surface area (Å²) in [7, 11) is 0. The predicted octanol–water partition coefficient (Wildman–Crippen LogP) is 4.20. The van der Waals surface area contributed by atoms with Crippen molar-refractivity contribution in [2.75, 3.05) is 26.2 Å². The van der Waals surface area contributed by atoms with Crippen molar-refractivity contribution in [1.29, 1.82) is 0 Å². The number of hydrogen-bond donors (Lipinski definition) is 2. The van der Waals surface area contributed by atoms with Crippen molar-refractivity contribution in [2.45, 2.75) is 87.7 Å². The molecule has 0 atom stereocenters. The van der Waals surface area contributed by atoms with Crippen molar-refractivity contribution >= 4 is 11.7 Å². The van der Waals surface area contributed by atoms with Gasteiger partial charge in [-0.15, -0.1) is 0 Å². The lowest BCUT2D eigenvalue weighted by Crippen LogP contribution is -2.30. The van der Waals surface area contributed by atoms with Gasteiger partial charge in [-0.3, -0.25) is 9.59 Å². The summed E-state index contributed by atoms with van der Waals surface area (Å²) in [6.07, 6.45) is 1.53. The Kier molecular flexibility index (Phi) is 14.8. The molecule has 0 rings (SSSR count). The molecule has 0 fully saturated rings. The first-order chi connectivity index (χ1) is 12.2. The van der Waals surface area contributed by atoms with Gasteiger partial charge in [0.05, 0.1) is 5.60 Å². The van der Waals surface area contributed by atoms with Gasteiger partial charge in [0.1, 0.15) is 5.78 Å². The van der Waals surface area contributed by atoms with E-state index in [-0.39, 0.29) is 29.1 Å². The van der Waals surface area contributed by atoms with Gasteiger partial charge in [0.25, 0.3) is 0 Å². The second-order valence-electron chi connectivity index (χ2n) is 9.87. The largest absolute Gasteiger partial charge is 0.376 e. The molecule has 0 aromatic heterocycles. The Labute approximate surface area is 168 Å². The molecule has 0 aliphatic heterocycles. The summed E-state index contributed by atoms with van der Waals surface area (Å²) in [5, 5.41) is 6.14. The minimum Gasteiger partial charge on any atom is -0.376 e. The molecule has 0 unspecified atom stereocenters. The molecule has 0 bridgehead atoms. The summed E-state index contributed by atoms with van der Waals surface area (Å²) in [5.41, 5.74) is 0.384. The fourth-order valence-corrected chi connectivity index (χ4v) is 1.84. The molecule has 27 heavy (non-hydrogen) atoms. The standard InChI is InChI=1S/C12H27NO.C10H19NO2/c1-11(2,3)10-13-8-7-9-14-12(4,5)6;1-7(2)9(12)5-6-11-10(13)8(3)4/h13H,7-10H2,1-6H3;7-8H,5-6H2,1-4H3,(H,11,13). The Bertz CT molecular complexity index is 367. The molecule has 5 nitrogen and oxygen atoms in total. The summed E-state index contributed by atoms with van der Waals surface area (Å²) in [5.74, 6) is 0.269. The average molecular weight is 387 g/mol. The molecule has 0 radical (unpaired) electrons. The molecule has 2 N–H and O–H groups in total. The minimum atomic E-state index is -0.00541. The number of ketones is 1. The van der Waals surface area contributed by atoms with Crippen molar-refractivity contribution in [2.24, 2.45) is 17.3 Å². The molecule has 1 amide bonds. The van der Waals surface area contributed by atoms with Crippen LogP contribution in [0.3, 0.4) is 0 Å². The molecule has 0 saturated carbocycles. The van der Waals surface area contributed by atoms with Crippen LogP contribution in [-0.2, 0) is 14.3 Å². The van der Waals surface area contributed by atoms with E-state index in [9.17, 15) is 9.59 Å². The van der Waals surface area contributed by atoms with E-state index >= 15 is 0 Å². The Balaban J connectivity index is 0. The quantitative estimate of drug-likeness (QED) is 0.552. The third-order valence-electron chi connectivity index (χ3n) is 3.53. The molecule has 162 valence electrons. The summed E-state index contributed by atoms with van der Waals surface area (Å²) >= 11 is 0. The van der Waals surface area contributed by atoms with Gasteiger partial charge in [-0.2, -0.15) is 0 Å². The van der Waals surface area contributed by atoms with E-state index in [0.29, 0.717) is 18.4 Å². The van der Waals surface area contributed by atoms with E-state index in [1.807, 2.05) is 27.7 Å². The molecule has 0 aliphatic carbocycles. The van der Waals surface area contributed by atoms with Gasteiger partial charge in [0.2, 0.25) is 5.91 Å². The van der Waals surface area contributed by atoms with Crippen LogP contribution >= 0.6 is 0 Å². The zero-order chi connectivity index (χ0) is 21.7. The molecule has 0 heterocycles. The maximum atomic E-state index is 11.1. The maximum absolute atomic E-state index is 11.1. The molecule has 0 saturated heterocycles. The zero-order valence-corrected chi connectivity index (χ0v) is 19.6. The highest BCUT2D eigenvalue weighted by molar-refractivity contribution is 5.82. The lowest BCUT2D eigenvalue weighted by Gasteiger charge is -2.21. The van der Waals surface area contributed by atoms with E-state index in [2.05, 4.69) is 52.2 Å². The van der Waals surface area contributed by atoms with Gasteiger partial charge >= 0.3 is 0 Å². The first-order valence-corrected chi connectivity index (χ1v) is 10.3. The number of amides is 1.